The summed E-state index contributed by atoms with van der Waals surface area (Å²) < 4.78 is 0.686. The summed E-state index contributed by atoms with van der Waals surface area (Å²) in [5.74, 6) is -0.216. The molecule has 0 bridgehead atoms. The van der Waals surface area contributed by atoms with Crippen LogP contribution in [0, 0.1) is 6.92 Å². The summed E-state index contributed by atoms with van der Waals surface area (Å²) in [6.07, 6.45) is 1.59. The van der Waals surface area contributed by atoms with Crippen molar-refractivity contribution in [1.82, 2.24) is 4.98 Å². The number of carbonyl (C=O) groups excluding carboxylic acids is 1. The topological polar surface area (TPSA) is 42.0 Å². The van der Waals surface area contributed by atoms with E-state index in [9.17, 15) is 4.79 Å². The molecule has 86 valence electrons. The summed E-state index contributed by atoms with van der Waals surface area (Å²) in [6.45, 7) is 1.95. The van der Waals surface area contributed by atoms with Gasteiger partial charge in [0, 0.05) is 16.4 Å². The molecule has 2 rings (SSSR count). The number of aromatic nitrogens is 1. The highest BCUT2D eigenvalue weighted by Crippen LogP contribution is 2.17. The molecular formula is C13H11BrN2O. The smallest absolute Gasteiger partial charge is 0.275 e. The predicted octanol–water partition coefficient (Wildman–Crippen LogP) is 3.40. The second-order valence-electron chi connectivity index (χ2n) is 3.60. The van der Waals surface area contributed by atoms with Gasteiger partial charge in [0.2, 0.25) is 0 Å². The molecule has 1 aromatic carbocycles. The predicted molar refractivity (Wildman–Crippen MR) is 71.1 cm³/mol. The fourth-order valence-electron chi connectivity index (χ4n) is 1.45. The molecule has 0 aliphatic carbocycles. The van der Waals surface area contributed by atoms with Crippen molar-refractivity contribution < 1.29 is 4.79 Å². The van der Waals surface area contributed by atoms with Gasteiger partial charge < -0.3 is 5.32 Å². The van der Waals surface area contributed by atoms with Crippen LogP contribution in [0.2, 0.25) is 0 Å². The largest absolute Gasteiger partial charge is 0.320 e. The Balaban J connectivity index is 2.24. The van der Waals surface area contributed by atoms with Crippen LogP contribution in [0.5, 0.6) is 0 Å². The molecule has 2 aromatic rings. The fraction of sp³-hybridized carbons (Fsp3) is 0.0769. The van der Waals surface area contributed by atoms with Crippen molar-refractivity contribution in [1.29, 1.82) is 0 Å². The van der Waals surface area contributed by atoms with E-state index in [4.69, 9.17) is 0 Å². The minimum Gasteiger partial charge on any atom is -0.320 e. The highest BCUT2D eigenvalue weighted by atomic mass is 79.9. The summed E-state index contributed by atoms with van der Waals surface area (Å²) in [6, 6.07) is 11.2. The molecule has 1 amide bonds. The van der Waals surface area contributed by atoms with Crippen LogP contribution in [0.3, 0.4) is 0 Å². The minimum atomic E-state index is -0.216. The standard InChI is InChI=1S/C13H11BrN2O/c1-9-5-2-3-7-11(9)16-13(17)12-10(14)6-4-8-15-12/h2-8H,1H3,(H,16,17). The minimum absolute atomic E-state index is 0.216. The van der Waals surface area contributed by atoms with E-state index >= 15 is 0 Å². The van der Waals surface area contributed by atoms with Gasteiger partial charge >= 0.3 is 0 Å². The molecule has 4 heteroatoms. The molecule has 0 aliphatic heterocycles. The Hall–Kier alpha value is -1.68. The van der Waals surface area contributed by atoms with Gasteiger partial charge in [0.1, 0.15) is 5.69 Å². The highest BCUT2D eigenvalue weighted by molar-refractivity contribution is 9.10. The molecule has 3 nitrogen and oxygen atoms in total. The van der Waals surface area contributed by atoms with Crippen LogP contribution < -0.4 is 5.32 Å². The average Bonchev–Trinajstić information content (AvgIpc) is 2.32. The first-order chi connectivity index (χ1) is 8.18. The van der Waals surface area contributed by atoms with Gasteiger partial charge in [0.25, 0.3) is 5.91 Å². The first-order valence-electron chi connectivity index (χ1n) is 5.16. The molecule has 17 heavy (non-hydrogen) atoms. The summed E-state index contributed by atoms with van der Waals surface area (Å²) in [7, 11) is 0. The molecule has 0 saturated carbocycles. The summed E-state index contributed by atoms with van der Waals surface area (Å²) >= 11 is 3.31. The third-order valence-electron chi connectivity index (χ3n) is 2.37. The summed E-state index contributed by atoms with van der Waals surface area (Å²) in [5, 5.41) is 2.84. The van der Waals surface area contributed by atoms with Gasteiger partial charge in [-0.3, -0.25) is 4.79 Å². The maximum absolute atomic E-state index is 12.0. The first-order valence-corrected chi connectivity index (χ1v) is 5.95. The number of pyridine rings is 1. The molecule has 1 heterocycles. The van der Waals surface area contributed by atoms with Crippen LogP contribution in [0.25, 0.3) is 0 Å². The third kappa shape index (κ3) is 2.71. The quantitative estimate of drug-likeness (QED) is 0.921. The number of aryl methyl sites for hydroxylation is 1. The molecule has 0 spiro atoms. The Labute approximate surface area is 108 Å². The third-order valence-corrected chi connectivity index (χ3v) is 3.01. The van der Waals surface area contributed by atoms with Crippen LogP contribution in [0.1, 0.15) is 16.1 Å². The molecule has 1 aromatic heterocycles. The number of halogens is 1. The van der Waals surface area contributed by atoms with Crippen molar-refractivity contribution in [2.75, 3.05) is 5.32 Å². The lowest BCUT2D eigenvalue weighted by Crippen LogP contribution is -2.14. The number of nitrogens with one attached hydrogen (secondary N) is 1. The second kappa shape index (κ2) is 5.10. The molecule has 1 N–H and O–H groups in total. The zero-order valence-corrected chi connectivity index (χ0v) is 10.9. The highest BCUT2D eigenvalue weighted by Gasteiger charge is 2.11. The Bertz CT molecular complexity index is 555. The van der Waals surface area contributed by atoms with Crippen LogP contribution in [0.4, 0.5) is 5.69 Å². The van der Waals surface area contributed by atoms with E-state index in [2.05, 4.69) is 26.2 Å². The number of nitrogens with zero attached hydrogens (tertiary/aromatic N) is 1. The van der Waals surface area contributed by atoms with Gasteiger partial charge in [-0.25, -0.2) is 4.98 Å². The van der Waals surface area contributed by atoms with Crippen molar-refractivity contribution in [3.63, 3.8) is 0 Å². The van der Waals surface area contributed by atoms with E-state index < -0.39 is 0 Å². The number of benzene rings is 1. The Morgan fingerprint density at radius 1 is 1.24 bits per heavy atom. The van der Waals surface area contributed by atoms with Gasteiger partial charge in [0.15, 0.2) is 0 Å². The normalized spacial score (nSPS) is 10.0. The molecule has 0 aliphatic rings. The molecule has 0 fully saturated rings. The molecule has 0 atom stereocenters. The molecule has 0 unspecified atom stereocenters. The number of hydrogen-bond donors (Lipinski definition) is 1. The van der Waals surface area contributed by atoms with Crippen LogP contribution in [-0.4, -0.2) is 10.9 Å². The van der Waals surface area contributed by atoms with Crippen molar-refractivity contribution in [3.05, 3.63) is 58.3 Å². The maximum Gasteiger partial charge on any atom is 0.275 e. The van der Waals surface area contributed by atoms with E-state index in [1.54, 1.807) is 18.3 Å². The van der Waals surface area contributed by atoms with Gasteiger partial charge in [0.05, 0.1) is 0 Å². The molecular weight excluding hydrogens is 280 g/mol. The summed E-state index contributed by atoms with van der Waals surface area (Å²) in [5.41, 5.74) is 2.21. The lowest BCUT2D eigenvalue weighted by Gasteiger charge is -2.08. The van der Waals surface area contributed by atoms with Gasteiger partial charge in [-0.2, -0.15) is 0 Å². The summed E-state index contributed by atoms with van der Waals surface area (Å²) in [4.78, 5) is 16.0. The number of rotatable bonds is 2. The van der Waals surface area contributed by atoms with Crippen LogP contribution >= 0.6 is 15.9 Å². The van der Waals surface area contributed by atoms with E-state index in [0.717, 1.165) is 11.3 Å². The second-order valence-corrected chi connectivity index (χ2v) is 4.46. The Morgan fingerprint density at radius 2 is 2.00 bits per heavy atom. The zero-order valence-electron chi connectivity index (χ0n) is 9.27. The van der Waals surface area contributed by atoms with Crippen molar-refractivity contribution >= 4 is 27.5 Å². The van der Waals surface area contributed by atoms with E-state index in [1.807, 2.05) is 31.2 Å². The lowest BCUT2D eigenvalue weighted by molar-refractivity contribution is 0.102. The lowest BCUT2D eigenvalue weighted by atomic mass is 10.2. The number of hydrogen-bond acceptors (Lipinski definition) is 2. The maximum atomic E-state index is 12.0. The van der Waals surface area contributed by atoms with E-state index in [1.165, 1.54) is 0 Å². The first kappa shape index (κ1) is 11.8. The molecule has 0 radical (unpaired) electrons. The monoisotopic (exact) mass is 290 g/mol. The van der Waals surface area contributed by atoms with Crippen molar-refractivity contribution in [2.45, 2.75) is 6.92 Å². The van der Waals surface area contributed by atoms with Gasteiger partial charge in [-0.1, -0.05) is 18.2 Å². The molecule has 0 saturated heterocycles. The van der Waals surface area contributed by atoms with E-state index in [0.29, 0.717) is 10.2 Å². The Morgan fingerprint density at radius 3 is 2.71 bits per heavy atom. The van der Waals surface area contributed by atoms with Crippen LogP contribution in [0.15, 0.2) is 47.1 Å². The van der Waals surface area contributed by atoms with Crippen molar-refractivity contribution in [2.24, 2.45) is 0 Å². The number of anilines is 1. The number of carbonyl (C=O) groups is 1. The van der Waals surface area contributed by atoms with Gasteiger partial charge in [-0.15, -0.1) is 0 Å². The fourth-order valence-corrected chi connectivity index (χ4v) is 1.88. The van der Waals surface area contributed by atoms with Crippen molar-refractivity contribution in [3.8, 4) is 0 Å². The zero-order chi connectivity index (χ0) is 12.3. The number of para-hydroxylation sites is 1. The number of amides is 1. The van der Waals surface area contributed by atoms with Crippen LogP contribution in [-0.2, 0) is 0 Å². The average molecular weight is 291 g/mol. The van der Waals surface area contributed by atoms with E-state index in [-0.39, 0.29) is 5.91 Å². The SMILES string of the molecule is Cc1ccccc1NC(=O)c1ncccc1Br. The van der Waals surface area contributed by atoms with Gasteiger partial charge in [-0.05, 0) is 46.6 Å². The Kier molecular flexibility index (Phi) is 3.54.